The highest BCUT2D eigenvalue weighted by Gasteiger charge is 2.21. The number of Topliss-reactive ketones (excluding diaryl/α,β-unsaturated/α-hetero) is 1. The molecule has 0 saturated heterocycles. The fourth-order valence-corrected chi connectivity index (χ4v) is 3.38. The van der Waals surface area contributed by atoms with Gasteiger partial charge in [0.2, 0.25) is 0 Å². The Morgan fingerprint density at radius 3 is 2.51 bits per heavy atom. The van der Waals surface area contributed by atoms with E-state index >= 15 is 0 Å². The van der Waals surface area contributed by atoms with Gasteiger partial charge in [0.1, 0.15) is 17.1 Å². The number of nitrogens with one attached hydrogen (secondary N) is 1. The van der Waals surface area contributed by atoms with E-state index in [0.717, 1.165) is 30.4 Å². The first-order valence-corrected chi connectivity index (χ1v) is 12.2. The number of ketones is 1. The number of rotatable bonds is 14. The molecule has 1 aromatic heterocycles. The van der Waals surface area contributed by atoms with Crippen molar-refractivity contribution in [2.75, 3.05) is 7.05 Å². The quantitative estimate of drug-likeness (QED) is 0.128. The summed E-state index contributed by atoms with van der Waals surface area (Å²) in [6, 6.07) is 1.36. The molecular formula is C29H41NO5. The monoisotopic (exact) mass is 483 g/mol. The molecule has 0 radical (unpaired) electrons. The molecule has 6 heteroatoms. The minimum absolute atomic E-state index is 0.0848. The Hall–Kier alpha value is -3.12. The van der Waals surface area contributed by atoms with Gasteiger partial charge in [-0.15, -0.1) is 0 Å². The lowest BCUT2D eigenvalue weighted by molar-refractivity contribution is 0.102. The molecule has 0 fully saturated rings. The summed E-state index contributed by atoms with van der Waals surface area (Å²) in [5.74, 6) is -0.666. The summed E-state index contributed by atoms with van der Waals surface area (Å²) >= 11 is 0. The number of aliphatic hydroxyl groups is 1. The molecule has 6 nitrogen and oxygen atoms in total. The maximum Gasteiger partial charge on any atom is 0.351 e. The van der Waals surface area contributed by atoms with Crippen LogP contribution >= 0.6 is 0 Å². The molecule has 192 valence electrons. The first-order valence-electron chi connectivity index (χ1n) is 12.2. The zero-order valence-electron chi connectivity index (χ0n) is 21.9. The Balaban J connectivity index is 2.86. The molecule has 0 unspecified atom stereocenters. The number of aliphatic hydroxyl groups excluding tert-OH is 1. The van der Waals surface area contributed by atoms with E-state index in [0.29, 0.717) is 24.2 Å². The zero-order chi connectivity index (χ0) is 26.4. The highest BCUT2D eigenvalue weighted by molar-refractivity contribution is 6.09. The van der Waals surface area contributed by atoms with Gasteiger partial charge in [-0.2, -0.15) is 0 Å². The molecular weight excluding hydrogens is 442 g/mol. The molecule has 35 heavy (non-hydrogen) atoms. The summed E-state index contributed by atoms with van der Waals surface area (Å²) < 4.78 is 5.37. The Morgan fingerprint density at radius 1 is 1.17 bits per heavy atom. The van der Waals surface area contributed by atoms with Crippen LogP contribution in [0.25, 0.3) is 0 Å². The van der Waals surface area contributed by atoms with Crippen molar-refractivity contribution in [3.05, 3.63) is 87.2 Å². The van der Waals surface area contributed by atoms with Gasteiger partial charge in [0, 0.05) is 19.0 Å². The van der Waals surface area contributed by atoms with Crippen LogP contribution in [0.1, 0.15) is 88.8 Å². The van der Waals surface area contributed by atoms with Gasteiger partial charge in [-0.05, 0) is 77.1 Å². The van der Waals surface area contributed by atoms with Crippen molar-refractivity contribution in [2.45, 2.75) is 78.7 Å². The zero-order valence-corrected chi connectivity index (χ0v) is 21.9. The molecule has 0 saturated carbocycles. The molecule has 0 aliphatic rings. The smallest absolute Gasteiger partial charge is 0.351 e. The second kappa shape index (κ2) is 15.7. The Labute approximate surface area is 209 Å². The molecule has 1 heterocycles. The second-order valence-corrected chi connectivity index (χ2v) is 8.87. The minimum atomic E-state index is -0.834. The van der Waals surface area contributed by atoms with Crippen LogP contribution in [-0.4, -0.2) is 29.1 Å². The van der Waals surface area contributed by atoms with Crippen molar-refractivity contribution in [3.63, 3.8) is 0 Å². The van der Waals surface area contributed by atoms with E-state index in [1.807, 2.05) is 65.2 Å². The number of allylic oxidation sites excluding steroid dienone is 8. The minimum Gasteiger partial charge on any atom is -0.507 e. The average molecular weight is 484 g/mol. The van der Waals surface area contributed by atoms with Crippen molar-refractivity contribution in [1.29, 1.82) is 0 Å². The van der Waals surface area contributed by atoms with Crippen LogP contribution in [0.3, 0.4) is 0 Å². The number of hydrogen-bond donors (Lipinski definition) is 3. The van der Waals surface area contributed by atoms with Crippen LogP contribution in [0.4, 0.5) is 0 Å². The van der Waals surface area contributed by atoms with Gasteiger partial charge >= 0.3 is 5.63 Å². The number of carbonyl (C=O) groups excluding carboxylic acids is 1. The predicted octanol–water partition coefficient (Wildman–Crippen LogP) is 6.09. The largest absolute Gasteiger partial charge is 0.507 e. The molecule has 3 N–H and O–H groups in total. The standard InChI is InChI=1S/C29H41NO5/c1-7-8-9-12-21(3)24(31)17-15-20(2)14-16-23(5)28(33)27-25(32)19-26(35-29(27)34)22(4)13-10-11-18-30-6/h7-8,11-12,14,16,18-19,22,24,30-32H,9-10,13,15,17H2,1-6H3/b8-7+,18-11+,20-14+,21-12+,23-16+/t22-,24-/m1/s1. The van der Waals surface area contributed by atoms with Crippen molar-refractivity contribution in [3.8, 4) is 5.75 Å². The average Bonchev–Trinajstić information content (AvgIpc) is 2.82. The summed E-state index contributed by atoms with van der Waals surface area (Å²) in [6.45, 7) is 9.30. The van der Waals surface area contributed by atoms with Crippen molar-refractivity contribution < 1.29 is 19.4 Å². The van der Waals surface area contributed by atoms with E-state index < -0.39 is 17.5 Å². The van der Waals surface area contributed by atoms with Crippen LogP contribution in [-0.2, 0) is 0 Å². The fraction of sp³-hybridized carbons (Fsp3) is 0.448. The van der Waals surface area contributed by atoms with E-state index in [-0.39, 0.29) is 17.2 Å². The van der Waals surface area contributed by atoms with Gasteiger partial charge in [0.25, 0.3) is 0 Å². The molecule has 0 aliphatic carbocycles. The maximum absolute atomic E-state index is 12.8. The topological polar surface area (TPSA) is 99.8 Å². The Bertz CT molecular complexity index is 1040. The predicted molar refractivity (Wildman–Crippen MR) is 143 cm³/mol. The van der Waals surface area contributed by atoms with Gasteiger partial charge in [-0.1, -0.05) is 49.0 Å². The first-order chi connectivity index (χ1) is 16.6. The summed E-state index contributed by atoms with van der Waals surface area (Å²) in [5.41, 5.74) is 1.05. The molecule has 0 aliphatic heterocycles. The van der Waals surface area contributed by atoms with Crippen LogP contribution in [0.5, 0.6) is 5.75 Å². The molecule has 0 spiro atoms. The van der Waals surface area contributed by atoms with E-state index in [1.165, 1.54) is 6.07 Å². The van der Waals surface area contributed by atoms with E-state index in [9.17, 15) is 19.8 Å². The van der Waals surface area contributed by atoms with Gasteiger partial charge in [-0.25, -0.2) is 4.79 Å². The van der Waals surface area contributed by atoms with Crippen molar-refractivity contribution in [2.24, 2.45) is 0 Å². The third-order valence-corrected chi connectivity index (χ3v) is 5.84. The van der Waals surface area contributed by atoms with Crippen LogP contribution < -0.4 is 10.9 Å². The lowest BCUT2D eigenvalue weighted by atomic mass is 9.99. The SMILES string of the molecule is C/C=C/C/C=C(\C)[C@H](O)CC/C(C)=C/C=C(\C)C(=O)c1c(O)cc([C@H](C)CC/C=C/NC)oc1=O. The number of aromatic hydroxyl groups is 1. The fourth-order valence-electron chi connectivity index (χ4n) is 3.38. The van der Waals surface area contributed by atoms with E-state index in [4.69, 9.17) is 4.42 Å². The van der Waals surface area contributed by atoms with Gasteiger partial charge in [-0.3, -0.25) is 4.79 Å². The molecule has 0 bridgehead atoms. The highest BCUT2D eigenvalue weighted by atomic mass is 16.4. The molecule has 2 atom stereocenters. The molecule has 0 amide bonds. The van der Waals surface area contributed by atoms with E-state index in [2.05, 4.69) is 5.32 Å². The highest BCUT2D eigenvalue weighted by Crippen LogP contribution is 2.26. The number of carbonyl (C=O) groups is 1. The molecule has 1 rings (SSSR count). The Kier molecular flexibility index (Phi) is 13.4. The van der Waals surface area contributed by atoms with Gasteiger partial charge < -0.3 is 19.9 Å². The van der Waals surface area contributed by atoms with Crippen molar-refractivity contribution in [1.82, 2.24) is 5.32 Å². The lowest BCUT2D eigenvalue weighted by Crippen LogP contribution is -2.16. The summed E-state index contributed by atoms with van der Waals surface area (Å²) in [5, 5.41) is 23.6. The molecule has 1 aromatic rings. The third-order valence-electron chi connectivity index (χ3n) is 5.84. The van der Waals surface area contributed by atoms with Crippen molar-refractivity contribution >= 4 is 5.78 Å². The second-order valence-electron chi connectivity index (χ2n) is 8.87. The Morgan fingerprint density at radius 2 is 1.89 bits per heavy atom. The number of hydrogen-bond acceptors (Lipinski definition) is 6. The maximum atomic E-state index is 12.8. The van der Waals surface area contributed by atoms with Crippen LogP contribution in [0, 0.1) is 0 Å². The third kappa shape index (κ3) is 10.4. The van der Waals surface area contributed by atoms with Gasteiger partial charge in [0.05, 0.1) is 6.10 Å². The van der Waals surface area contributed by atoms with E-state index in [1.54, 1.807) is 19.1 Å². The van der Waals surface area contributed by atoms with Crippen LogP contribution in [0.15, 0.2) is 74.7 Å². The lowest BCUT2D eigenvalue weighted by Gasteiger charge is -2.11. The normalized spacial score (nSPS) is 15.1. The van der Waals surface area contributed by atoms with Gasteiger partial charge in [0.15, 0.2) is 5.78 Å². The summed E-state index contributed by atoms with van der Waals surface area (Å²) in [4.78, 5) is 25.3. The van der Waals surface area contributed by atoms with Crippen LogP contribution in [0.2, 0.25) is 0 Å². The summed E-state index contributed by atoms with van der Waals surface area (Å²) in [6.07, 6.45) is 16.3. The molecule has 0 aromatic carbocycles. The summed E-state index contributed by atoms with van der Waals surface area (Å²) in [7, 11) is 1.82. The first kappa shape index (κ1) is 29.9.